The van der Waals surface area contributed by atoms with Crippen LogP contribution >= 0.6 is 0 Å². The second-order valence-corrected chi connectivity index (χ2v) is 3.57. The highest BCUT2D eigenvalue weighted by Gasteiger charge is 2.18. The molecule has 1 aliphatic carbocycles. The van der Waals surface area contributed by atoms with E-state index >= 15 is 0 Å². The third-order valence-electron chi connectivity index (χ3n) is 2.48. The zero-order chi connectivity index (χ0) is 8.55. The van der Waals surface area contributed by atoms with Crippen LogP contribution in [0, 0.1) is 6.92 Å². The maximum atomic E-state index is 4.28. The number of anilines is 1. The minimum absolute atomic E-state index is 0.702. The lowest BCUT2D eigenvalue weighted by atomic mass is 9.93. The summed E-state index contributed by atoms with van der Waals surface area (Å²) in [4.78, 5) is 0. The molecule has 1 saturated carbocycles. The van der Waals surface area contributed by atoms with Crippen molar-refractivity contribution in [3.05, 3.63) is 11.9 Å². The molecule has 0 amide bonds. The highest BCUT2D eigenvalue weighted by molar-refractivity contribution is 5.46. The third-order valence-corrected chi connectivity index (χ3v) is 2.48. The standard InChI is InChI=1S/C9H15N3/c1-7-9(6-12(2)11-7)10-8-4-3-5-8/h6,8,10H,3-5H2,1-2H3. The van der Waals surface area contributed by atoms with Crippen molar-refractivity contribution in [3.63, 3.8) is 0 Å². The van der Waals surface area contributed by atoms with Gasteiger partial charge in [0.05, 0.1) is 11.4 Å². The van der Waals surface area contributed by atoms with E-state index in [-0.39, 0.29) is 0 Å². The molecule has 0 radical (unpaired) electrons. The number of nitrogens with zero attached hydrogens (tertiary/aromatic N) is 2. The number of hydrogen-bond donors (Lipinski definition) is 1. The number of nitrogens with one attached hydrogen (secondary N) is 1. The van der Waals surface area contributed by atoms with Gasteiger partial charge in [0, 0.05) is 19.3 Å². The van der Waals surface area contributed by atoms with Gasteiger partial charge in [0.1, 0.15) is 0 Å². The predicted octanol–water partition coefficient (Wildman–Crippen LogP) is 1.69. The molecular weight excluding hydrogens is 150 g/mol. The van der Waals surface area contributed by atoms with E-state index < -0.39 is 0 Å². The number of aromatic nitrogens is 2. The molecule has 1 N–H and O–H groups in total. The summed E-state index contributed by atoms with van der Waals surface area (Å²) in [7, 11) is 1.96. The summed E-state index contributed by atoms with van der Waals surface area (Å²) in [5.74, 6) is 0. The summed E-state index contributed by atoms with van der Waals surface area (Å²) in [6.07, 6.45) is 6.05. The van der Waals surface area contributed by atoms with Crippen LogP contribution in [-0.2, 0) is 7.05 Å². The molecule has 1 aromatic rings. The van der Waals surface area contributed by atoms with Crippen molar-refractivity contribution in [2.75, 3.05) is 5.32 Å². The molecule has 12 heavy (non-hydrogen) atoms. The first-order valence-corrected chi connectivity index (χ1v) is 4.52. The molecule has 0 unspecified atom stereocenters. The average molecular weight is 165 g/mol. The Morgan fingerprint density at radius 1 is 1.58 bits per heavy atom. The summed E-state index contributed by atoms with van der Waals surface area (Å²) < 4.78 is 1.86. The monoisotopic (exact) mass is 165 g/mol. The predicted molar refractivity (Wildman–Crippen MR) is 49.2 cm³/mol. The van der Waals surface area contributed by atoms with Crippen LogP contribution in [0.25, 0.3) is 0 Å². The first-order chi connectivity index (χ1) is 5.75. The lowest BCUT2D eigenvalue weighted by Crippen LogP contribution is -2.27. The van der Waals surface area contributed by atoms with Crippen molar-refractivity contribution < 1.29 is 0 Å². The molecule has 3 nitrogen and oxygen atoms in total. The Balaban J connectivity index is 2.05. The molecule has 66 valence electrons. The normalized spacial score (nSPS) is 17.5. The zero-order valence-electron chi connectivity index (χ0n) is 7.67. The molecule has 0 bridgehead atoms. The van der Waals surface area contributed by atoms with Gasteiger partial charge in [0.15, 0.2) is 0 Å². The molecule has 3 heteroatoms. The van der Waals surface area contributed by atoms with Crippen LogP contribution in [-0.4, -0.2) is 15.8 Å². The highest BCUT2D eigenvalue weighted by Crippen LogP contribution is 2.24. The molecule has 0 spiro atoms. The van der Waals surface area contributed by atoms with E-state index in [4.69, 9.17) is 0 Å². The first kappa shape index (κ1) is 7.65. The van der Waals surface area contributed by atoms with Crippen LogP contribution in [0.15, 0.2) is 6.20 Å². The van der Waals surface area contributed by atoms with Crippen LogP contribution < -0.4 is 5.32 Å². The second-order valence-electron chi connectivity index (χ2n) is 3.57. The summed E-state index contributed by atoms with van der Waals surface area (Å²) >= 11 is 0. The molecule has 0 atom stereocenters. The fraction of sp³-hybridized carbons (Fsp3) is 0.667. The molecule has 0 aromatic carbocycles. The van der Waals surface area contributed by atoms with Crippen LogP contribution in [0.5, 0.6) is 0 Å². The van der Waals surface area contributed by atoms with Gasteiger partial charge in [-0.15, -0.1) is 0 Å². The first-order valence-electron chi connectivity index (χ1n) is 4.52. The van der Waals surface area contributed by atoms with Crippen LogP contribution in [0.3, 0.4) is 0 Å². The summed E-state index contributed by atoms with van der Waals surface area (Å²) in [6, 6.07) is 0.702. The molecule has 1 heterocycles. The zero-order valence-corrected chi connectivity index (χ0v) is 7.67. The van der Waals surface area contributed by atoms with Gasteiger partial charge < -0.3 is 5.32 Å². The van der Waals surface area contributed by atoms with Crippen molar-refractivity contribution in [2.24, 2.45) is 7.05 Å². The van der Waals surface area contributed by atoms with Crippen LogP contribution in [0.1, 0.15) is 25.0 Å². The molecule has 0 saturated heterocycles. The summed E-state index contributed by atoms with van der Waals surface area (Å²) in [5, 5.41) is 7.76. The van der Waals surface area contributed by atoms with E-state index in [1.54, 1.807) is 0 Å². The Labute approximate surface area is 72.8 Å². The van der Waals surface area contributed by atoms with Gasteiger partial charge >= 0.3 is 0 Å². The van der Waals surface area contributed by atoms with Gasteiger partial charge in [-0.3, -0.25) is 4.68 Å². The van der Waals surface area contributed by atoms with Gasteiger partial charge in [0.2, 0.25) is 0 Å². The maximum Gasteiger partial charge on any atom is 0.0825 e. The van der Waals surface area contributed by atoms with Crippen LogP contribution in [0.4, 0.5) is 5.69 Å². The number of rotatable bonds is 2. The average Bonchev–Trinajstić information content (AvgIpc) is 2.21. The Morgan fingerprint density at radius 2 is 2.33 bits per heavy atom. The molecular formula is C9H15N3. The van der Waals surface area contributed by atoms with Gasteiger partial charge in [-0.1, -0.05) is 0 Å². The minimum atomic E-state index is 0.702. The molecule has 1 fully saturated rings. The van der Waals surface area contributed by atoms with Crippen molar-refractivity contribution >= 4 is 5.69 Å². The van der Waals surface area contributed by atoms with Crippen molar-refractivity contribution in [2.45, 2.75) is 32.2 Å². The molecule has 1 aromatic heterocycles. The minimum Gasteiger partial charge on any atom is -0.380 e. The number of aryl methyl sites for hydroxylation is 2. The van der Waals surface area contributed by atoms with Gasteiger partial charge in [-0.25, -0.2) is 0 Å². The Hall–Kier alpha value is -0.990. The highest BCUT2D eigenvalue weighted by atomic mass is 15.3. The van der Waals surface area contributed by atoms with Crippen molar-refractivity contribution in [1.29, 1.82) is 0 Å². The molecule has 2 rings (SSSR count). The summed E-state index contributed by atoms with van der Waals surface area (Å²) in [6.45, 7) is 2.04. The Kier molecular flexibility index (Phi) is 1.79. The largest absolute Gasteiger partial charge is 0.380 e. The topological polar surface area (TPSA) is 29.9 Å². The Morgan fingerprint density at radius 3 is 2.75 bits per heavy atom. The lowest BCUT2D eigenvalue weighted by Gasteiger charge is -2.26. The fourth-order valence-electron chi connectivity index (χ4n) is 1.51. The van der Waals surface area contributed by atoms with E-state index in [9.17, 15) is 0 Å². The molecule has 0 aliphatic heterocycles. The molecule has 1 aliphatic rings. The fourth-order valence-corrected chi connectivity index (χ4v) is 1.51. The van der Waals surface area contributed by atoms with Crippen LogP contribution in [0.2, 0.25) is 0 Å². The van der Waals surface area contributed by atoms with E-state index in [0.717, 1.165) is 5.69 Å². The van der Waals surface area contributed by atoms with Gasteiger partial charge in [-0.05, 0) is 26.2 Å². The smallest absolute Gasteiger partial charge is 0.0825 e. The van der Waals surface area contributed by atoms with E-state index in [1.807, 2.05) is 24.9 Å². The van der Waals surface area contributed by atoms with Gasteiger partial charge in [0.25, 0.3) is 0 Å². The van der Waals surface area contributed by atoms with Gasteiger partial charge in [-0.2, -0.15) is 5.10 Å². The third kappa shape index (κ3) is 1.31. The van der Waals surface area contributed by atoms with E-state index in [2.05, 4.69) is 10.4 Å². The quantitative estimate of drug-likeness (QED) is 0.722. The second kappa shape index (κ2) is 2.81. The van der Waals surface area contributed by atoms with Crippen molar-refractivity contribution in [3.8, 4) is 0 Å². The van der Waals surface area contributed by atoms with E-state index in [1.165, 1.54) is 24.9 Å². The lowest BCUT2D eigenvalue weighted by molar-refractivity contribution is 0.445. The van der Waals surface area contributed by atoms with E-state index in [0.29, 0.717) is 6.04 Å². The Bertz CT molecular complexity index is 273. The maximum absolute atomic E-state index is 4.28. The SMILES string of the molecule is Cc1nn(C)cc1NC1CCC1. The van der Waals surface area contributed by atoms with Crippen molar-refractivity contribution in [1.82, 2.24) is 9.78 Å². The number of hydrogen-bond acceptors (Lipinski definition) is 2. The summed E-state index contributed by atoms with van der Waals surface area (Å²) in [5.41, 5.74) is 2.30.